The molecule has 2 N–H and O–H groups in total. The standard InChI is InChI=1S/C19H22FN5.HI/c1-14-24-17-5-3-4-6-18(17)25(14)12-11-22-19(21-2)23-13-15-7-9-16(20)10-8-15;/h3-10H,11-13H2,1-2H3,(H2,21,22,23);1H. The fourth-order valence-electron chi connectivity index (χ4n) is 2.77. The first-order chi connectivity index (χ1) is 12.2. The first kappa shape index (κ1) is 20.2. The Labute approximate surface area is 169 Å². The third kappa shape index (κ3) is 4.94. The van der Waals surface area contributed by atoms with Crippen molar-refractivity contribution in [1.29, 1.82) is 0 Å². The first-order valence-electron chi connectivity index (χ1n) is 8.28. The molecule has 0 atom stereocenters. The molecule has 7 heteroatoms. The SMILES string of the molecule is CN=C(NCCn1c(C)nc2ccccc21)NCc1ccc(F)cc1.I. The number of hydrogen-bond acceptors (Lipinski definition) is 2. The van der Waals surface area contributed by atoms with Gasteiger partial charge in [-0.1, -0.05) is 24.3 Å². The highest BCUT2D eigenvalue weighted by molar-refractivity contribution is 14.0. The van der Waals surface area contributed by atoms with Gasteiger partial charge < -0.3 is 15.2 Å². The Morgan fingerprint density at radius 2 is 1.85 bits per heavy atom. The van der Waals surface area contributed by atoms with E-state index in [1.807, 2.05) is 25.1 Å². The molecular formula is C19H23FIN5. The van der Waals surface area contributed by atoms with Crippen LogP contribution in [0.2, 0.25) is 0 Å². The van der Waals surface area contributed by atoms with Gasteiger partial charge in [-0.15, -0.1) is 24.0 Å². The summed E-state index contributed by atoms with van der Waals surface area (Å²) in [5, 5.41) is 6.53. The average Bonchev–Trinajstić information content (AvgIpc) is 2.95. The normalized spacial score (nSPS) is 11.3. The number of aryl methyl sites for hydroxylation is 1. The van der Waals surface area contributed by atoms with E-state index in [-0.39, 0.29) is 29.8 Å². The molecule has 0 unspecified atom stereocenters. The first-order valence-corrected chi connectivity index (χ1v) is 8.28. The van der Waals surface area contributed by atoms with Crippen molar-refractivity contribution in [2.24, 2.45) is 4.99 Å². The lowest BCUT2D eigenvalue weighted by atomic mass is 10.2. The van der Waals surface area contributed by atoms with E-state index in [9.17, 15) is 4.39 Å². The summed E-state index contributed by atoms with van der Waals surface area (Å²) in [5.74, 6) is 1.48. The van der Waals surface area contributed by atoms with Crippen molar-refractivity contribution in [3.63, 3.8) is 0 Å². The van der Waals surface area contributed by atoms with Gasteiger partial charge in [0.15, 0.2) is 5.96 Å². The smallest absolute Gasteiger partial charge is 0.191 e. The summed E-state index contributed by atoms with van der Waals surface area (Å²) in [6.45, 7) is 4.13. The molecule has 0 aliphatic heterocycles. The number of aliphatic imine (C=N–C) groups is 1. The van der Waals surface area contributed by atoms with Crippen molar-refractivity contribution in [3.8, 4) is 0 Å². The summed E-state index contributed by atoms with van der Waals surface area (Å²) >= 11 is 0. The maximum atomic E-state index is 12.9. The number of nitrogens with one attached hydrogen (secondary N) is 2. The molecule has 0 saturated heterocycles. The molecule has 0 saturated carbocycles. The van der Waals surface area contributed by atoms with Gasteiger partial charge in [-0.3, -0.25) is 4.99 Å². The molecule has 1 aromatic heterocycles. The van der Waals surface area contributed by atoms with E-state index >= 15 is 0 Å². The molecule has 0 bridgehead atoms. The van der Waals surface area contributed by atoms with E-state index < -0.39 is 0 Å². The Morgan fingerprint density at radius 1 is 1.12 bits per heavy atom. The highest BCUT2D eigenvalue weighted by Gasteiger charge is 2.06. The summed E-state index contributed by atoms with van der Waals surface area (Å²) in [6, 6.07) is 14.6. The van der Waals surface area contributed by atoms with Gasteiger partial charge in [0.25, 0.3) is 0 Å². The summed E-state index contributed by atoms with van der Waals surface area (Å²) in [5.41, 5.74) is 3.15. The summed E-state index contributed by atoms with van der Waals surface area (Å²) < 4.78 is 15.1. The van der Waals surface area contributed by atoms with Crippen molar-refractivity contribution in [1.82, 2.24) is 20.2 Å². The molecule has 0 aliphatic rings. The van der Waals surface area contributed by atoms with Crippen molar-refractivity contribution in [3.05, 3.63) is 65.7 Å². The van der Waals surface area contributed by atoms with Crippen LogP contribution in [0.5, 0.6) is 0 Å². The monoisotopic (exact) mass is 467 g/mol. The van der Waals surface area contributed by atoms with Gasteiger partial charge in [0, 0.05) is 26.7 Å². The van der Waals surface area contributed by atoms with E-state index in [4.69, 9.17) is 0 Å². The van der Waals surface area contributed by atoms with Crippen LogP contribution < -0.4 is 10.6 Å². The minimum atomic E-state index is -0.228. The lowest BCUT2D eigenvalue weighted by Gasteiger charge is -2.13. The van der Waals surface area contributed by atoms with Gasteiger partial charge in [0.1, 0.15) is 11.6 Å². The Kier molecular flexibility index (Phi) is 7.38. The third-order valence-corrected chi connectivity index (χ3v) is 4.07. The second-order valence-electron chi connectivity index (χ2n) is 5.78. The zero-order chi connectivity index (χ0) is 17.6. The Hall–Kier alpha value is -2.16. The van der Waals surface area contributed by atoms with Crippen LogP contribution in [-0.4, -0.2) is 29.1 Å². The predicted octanol–water partition coefficient (Wildman–Crippen LogP) is 3.47. The molecule has 0 radical (unpaired) electrons. The lowest BCUT2D eigenvalue weighted by Crippen LogP contribution is -2.38. The lowest BCUT2D eigenvalue weighted by molar-refractivity contribution is 0.626. The quantitative estimate of drug-likeness (QED) is 0.344. The molecule has 3 rings (SSSR count). The largest absolute Gasteiger partial charge is 0.355 e. The summed E-state index contributed by atoms with van der Waals surface area (Å²) in [4.78, 5) is 8.79. The molecule has 0 fully saturated rings. The van der Waals surface area contributed by atoms with E-state index in [1.165, 1.54) is 12.1 Å². The van der Waals surface area contributed by atoms with Crippen molar-refractivity contribution in [2.75, 3.05) is 13.6 Å². The molecule has 0 spiro atoms. The molecule has 2 aromatic carbocycles. The van der Waals surface area contributed by atoms with Crippen LogP contribution in [-0.2, 0) is 13.1 Å². The average molecular weight is 467 g/mol. The van der Waals surface area contributed by atoms with Crippen LogP contribution in [0.3, 0.4) is 0 Å². The molecule has 1 heterocycles. The number of halogens is 2. The van der Waals surface area contributed by atoms with Gasteiger partial charge in [-0.05, 0) is 36.8 Å². The molecule has 0 aliphatic carbocycles. The fraction of sp³-hybridized carbons (Fsp3) is 0.263. The number of para-hydroxylation sites is 2. The van der Waals surface area contributed by atoms with Crippen LogP contribution >= 0.6 is 24.0 Å². The van der Waals surface area contributed by atoms with Crippen molar-refractivity contribution in [2.45, 2.75) is 20.0 Å². The number of imidazole rings is 1. The van der Waals surface area contributed by atoms with Crippen LogP contribution in [0, 0.1) is 12.7 Å². The number of hydrogen-bond donors (Lipinski definition) is 2. The molecule has 26 heavy (non-hydrogen) atoms. The van der Waals surface area contributed by atoms with E-state index in [2.05, 4.69) is 31.2 Å². The summed E-state index contributed by atoms with van der Waals surface area (Å²) in [6.07, 6.45) is 0. The molecule has 5 nitrogen and oxygen atoms in total. The fourth-order valence-corrected chi connectivity index (χ4v) is 2.77. The van der Waals surface area contributed by atoms with Crippen LogP contribution in [0.15, 0.2) is 53.5 Å². The number of guanidine groups is 1. The number of aromatic nitrogens is 2. The molecule has 3 aromatic rings. The number of benzene rings is 2. The molecular weight excluding hydrogens is 444 g/mol. The maximum Gasteiger partial charge on any atom is 0.191 e. The Balaban J connectivity index is 0.00000243. The second-order valence-corrected chi connectivity index (χ2v) is 5.78. The van der Waals surface area contributed by atoms with Gasteiger partial charge in [0.05, 0.1) is 11.0 Å². The Morgan fingerprint density at radius 3 is 2.58 bits per heavy atom. The Bertz CT molecular complexity index is 873. The van der Waals surface area contributed by atoms with Crippen molar-refractivity contribution < 1.29 is 4.39 Å². The van der Waals surface area contributed by atoms with Crippen LogP contribution in [0.25, 0.3) is 11.0 Å². The molecule has 0 amide bonds. The zero-order valence-electron chi connectivity index (χ0n) is 14.9. The number of nitrogens with zero attached hydrogens (tertiary/aromatic N) is 3. The van der Waals surface area contributed by atoms with Gasteiger partial charge in [-0.2, -0.15) is 0 Å². The van der Waals surface area contributed by atoms with Gasteiger partial charge in [-0.25, -0.2) is 9.37 Å². The van der Waals surface area contributed by atoms with E-state index in [1.54, 1.807) is 19.2 Å². The maximum absolute atomic E-state index is 12.9. The predicted molar refractivity (Wildman–Crippen MR) is 114 cm³/mol. The minimum absolute atomic E-state index is 0. The van der Waals surface area contributed by atoms with E-state index in [0.29, 0.717) is 12.5 Å². The van der Waals surface area contributed by atoms with Crippen LogP contribution in [0.1, 0.15) is 11.4 Å². The topological polar surface area (TPSA) is 54.2 Å². The third-order valence-electron chi connectivity index (χ3n) is 4.07. The highest BCUT2D eigenvalue weighted by Crippen LogP contribution is 2.14. The number of fused-ring (bicyclic) bond motifs is 1. The summed E-state index contributed by atoms with van der Waals surface area (Å²) in [7, 11) is 1.73. The van der Waals surface area contributed by atoms with Gasteiger partial charge in [0.2, 0.25) is 0 Å². The van der Waals surface area contributed by atoms with Gasteiger partial charge >= 0.3 is 0 Å². The molecule has 138 valence electrons. The van der Waals surface area contributed by atoms with E-state index in [0.717, 1.165) is 35.5 Å². The van der Waals surface area contributed by atoms with Crippen molar-refractivity contribution >= 4 is 41.0 Å². The number of rotatable bonds is 5. The zero-order valence-corrected chi connectivity index (χ0v) is 17.2. The minimum Gasteiger partial charge on any atom is -0.355 e. The van der Waals surface area contributed by atoms with Crippen LogP contribution in [0.4, 0.5) is 4.39 Å². The highest BCUT2D eigenvalue weighted by atomic mass is 127. The second kappa shape index (κ2) is 9.51.